The first-order chi connectivity index (χ1) is 16.1. The molecule has 2 aliphatic heterocycles. The molecule has 2 atom stereocenters. The van der Waals surface area contributed by atoms with Crippen LogP contribution in [0.4, 0.5) is 10.1 Å². The lowest BCUT2D eigenvalue weighted by Gasteiger charge is -2.24. The summed E-state index contributed by atoms with van der Waals surface area (Å²) in [6, 6.07) is 6.99. The number of carbonyl (C=O) groups excluding carboxylic acids is 3. The zero-order valence-electron chi connectivity index (χ0n) is 17.5. The number of hydrogen-bond donors (Lipinski definition) is 2. The highest BCUT2D eigenvalue weighted by Gasteiger charge is 2.42. The lowest BCUT2D eigenvalue weighted by Crippen LogP contribution is -2.54. The van der Waals surface area contributed by atoms with Gasteiger partial charge in [0.25, 0.3) is 11.8 Å². The van der Waals surface area contributed by atoms with Gasteiger partial charge in [-0.25, -0.2) is 23.1 Å². The van der Waals surface area contributed by atoms with Crippen LogP contribution in [0.25, 0.3) is 0 Å². The normalized spacial score (nSPS) is 21.3. The number of nitrogens with one attached hydrogen (secondary N) is 2. The number of hydrazine groups is 1. The van der Waals surface area contributed by atoms with Crippen LogP contribution in [0.15, 0.2) is 47.4 Å². The summed E-state index contributed by atoms with van der Waals surface area (Å²) in [6.45, 7) is 0.156. The van der Waals surface area contributed by atoms with Crippen molar-refractivity contribution in [3.05, 3.63) is 58.3 Å². The number of sulfonamides is 1. The number of rotatable bonds is 6. The standard InChI is InChI=1S/C21H19Cl2FN4O5S/c22-12-3-6-14(7-4-12)34(32,33)27-9-1-2-18(27)20(30)26-25-17-11-19(29)28(21(17)31)13-5-8-16(24)15(23)10-13/h3-8,10,17-18,25H,1-2,9,11H2,(H,26,30). The molecule has 13 heteroatoms. The van der Waals surface area contributed by atoms with E-state index in [1.54, 1.807) is 0 Å². The van der Waals surface area contributed by atoms with Crippen molar-refractivity contribution in [3.63, 3.8) is 0 Å². The molecule has 0 spiro atoms. The van der Waals surface area contributed by atoms with Crippen molar-refractivity contribution in [1.29, 1.82) is 0 Å². The van der Waals surface area contributed by atoms with E-state index >= 15 is 0 Å². The molecule has 2 saturated heterocycles. The summed E-state index contributed by atoms with van der Waals surface area (Å²) in [5.74, 6) is -2.57. The third-order valence-corrected chi connectivity index (χ3v) is 8.07. The predicted octanol–water partition coefficient (Wildman–Crippen LogP) is 2.24. The lowest BCUT2D eigenvalue weighted by molar-refractivity contribution is -0.126. The van der Waals surface area contributed by atoms with Gasteiger partial charge in [-0.2, -0.15) is 4.31 Å². The van der Waals surface area contributed by atoms with Crippen LogP contribution in [0, 0.1) is 5.82 Å². The number of anilines is 1. The average molecular weight is 529 g/mol. The second kappa shape index (κ2) is 9.59. The van der Waals surface area contributed by atoms with Crippen molar-refractivity contribution in [2.75, 3.05) is 11.4 Å². The molecule has 180 valence electrons. The molecule has 3 amide bonds. The second-order valence-corrected chi connectivity index (χ2v) is 10.5. The van der Waals surface area contributed by atoms with E-state index in [0.717, 1.165) is 21.3 Å². The molecule has 2 aromatic carbocycles. The third kappa shape index (κ3) is 4.66. The summed E-state index contributed by atoms with van der Waals surface area (Å²) in [5.41, 5.74) is 5.00. The SMILES string of the molecule is O=C(NNC1CC(=O)N(c2ccc(F)c(Cl)c2)C1=O)C1CCCN1S(=O)(=O)c1ccc(Cl)cc1. The van der Waals surface area contributed by atoms with Gasteiger partial charge in [0.05, 0.1) is 22.0 Å². The second-order valence-electron chi connectivity index (χ2n) is 7.78. The average Bonchev–Trinajstić information content (AvgIpc) is 3.40. The van der Waals surface area contributed by atoms with Gasteiger partial charge in [0.15, 0.2) is 0 Å². The predicted molar refractivity (Wildman–Crippen MR) is 122 cm³/mol. The number of amides is 3. The van der Waals surface area contributed by atoms with Crippen molar-refractivity contribution in [3.8, 4) is 0 Å². The largest absolute Gasteiger partial charge is 0.289 e. The minimum Gasteiger partial charge on any atom is -0.289 e. The quantitative estimate of drug-likeness (QED) is 0.438. The maximum Gasteiger partial charge on any atom is 0.253 e. The first kappa shape index (κ1) is 24.6. The maximum atomic E-state index is 13.4. The molecule has 0 aliphatic carbocycles. The minimum absolute atomic E-state index is 0.00901. The van der Waals surface area contributed by atoms with Crippen molar-refractivity contribution in [2.24, 2.45) is 0 Å². The Bertz CT molecular complexity index is 1260. The summed E-state index contributed by atoms with van der Waals surface area (Å²) < 4.78 is 40.5. The highest BCUT2D eigenvalue weighted by molar-refractivity contribution is 7.89. The molecule has 9 nitrogen and oxygen atoms in total. The van der Waals surface area contributed by atoms with E-state index in [1.807, 2.05) is 0 Å². The summed E-state index contributed by atoms with van der Waals surface area (Å²) in [5, 5.41) is 0.137. The Kier molecular flexibility index (Phi) is 6.92. The van der Waals surface area contributed by atoms with Gasteiger partial charge >= 0.3 is 0 Å². The van der Waals surface area contributed by atoms with E-state index in [-0.39, 0.29) is 35.0 Å². The van der Waals surface area contributed by atoms with Gasteiger partial charge in [-0.3, -0.25) is 19.8 Å². The fourth-order valence-corrected chi connectivity index (χ4v) is 5.87. The van der Waals surface area contributed by atoms with Gasteiger partial charge in [-0.05, 0) is 55.3 Å². The molecule has 2 aliphatic rings. The van der Waals surface area contributed by atoms with Gasteiger partial charge in [0.2, 0.25) is 15.9 Å². The highest BCUT2D eigenvalue weighted by Crippen LogP contribution is 2.28. The number of carbonyl (C=O) groups is 3. The maximum absolute atomic E-state index is 13.4. The molecular formula is C21H19Cl2FN4O5S. The van der Waals surface area contributed by atoms with Crippen molar-refractivity contribution in [1.82, 2.24) is 15.2 Å². The molecule has 2 aromatic rings. The van der Waals surface area contributed by atoms with Crippen LogP contribution in [0.2, 0.25) is 10.0 Å². The van der Waals surface area contributed by atoms with E-state index in [4.69, 9.17) is 23.2 Å². The highest BCUT2D eigenvalue weighted by atomic mass is 35.5. The van der Waals surface area contributed by atoms with Gasteiger partial charge in [0, 0.05) is 11.6 Å². The van der Waals surface area contributed by atoms with Crippen molar-refractivity contribution < 1.29 is 27.2 Å². The molecule has 2 fully saturated rings. The Morgan fingerprint density at radius 1 is 1.09 bits per heavy atom. The van der Waals surface area contributed by atoms with Gasteiger partial charge in [0.1, 0.15) is 17.9 Å². The van der Waals surface area contributed by atoms with Crippen LogP contribution in [-0.2, 0) is 24.4 Å². The monoisotopic (exact) mass is 528 g/mol. The number of benzene rings is 2. The Morgan fingerprint density at radius 2 is 1.79 bits per heavy atom. The van der Waals surface area contributed by atoms with E-state index in [1.165, 1.54) is 30.3 Å². The molecule has 0 saturated carbocycles. The minimum atomic E-state index is -3.95. The molecule has 0 radical (unpaired) electrons. The first-order valence-corrected chi connectivity index (χ1v) is 12.4. The first-order valence-electron chi connectivity index (χ1n) is 10.2. The Hall–Kier alpha value is -2.57. The Labute approximate surface area is 204 Å². The van der Waals surface area contributed by atoms with Crippen LogP contribution in [0.5, 0.6) is 0 Å². The Morgan fingerprint density at radius 3 is 2.47 bits per heavy atom. The number of halogens is 3. The fourth-order valence-electron chi connectivity index (χ4n) is 3.91. The smallest absolute Gasteiger partial charge is 0.253 e. The van der Waals surface area contributed by atoms with Crippen LogP contribution in [0.3, 0.4) is 0 Å². The lowest BCUT2D eigenvalue weighted by atomic mass is 10.2. The molecule has 0 aromatic heterocycles. The van der Waals surface area contributed by atoms with Crippen molar-refractivity contribution in [2.45, 2.75) is 36.2 Å². The van der Waals surface area contributed by atoms with E-state index in [0.29, 0.717) is 11.4 Å². The van der Waals surface area contributed by atoms with E-state index < -0.39 is 45.6 Å². The molecule has 4 rings (SSSR count). The van der Waals surface area contributed by atoms with Crippen LogP contribution in [-0.4, -0.2) is 49.1 Å². The molecule has 0 bridgehead atoms. The summed E-state index contributed by atoms with van der Waals surface area (Å²) in [7, 11) is -3.95. The van der Waals surface area contributed by atoms with E-state index in [2.05, 4.69) is 10.9 Å². The molecule has 2 heterocycles. The molecule has 2 unspecified atom stereocenters. The zero-order chi connectivity index (χ0) is 24.6. The number of imide groups is 1. The summed E-state index contributed by atoms with van der Waals surface area (Å²) >= 11 is 11.6. The molecule has 2 N–H and O–H groups in total. The fraction of sp³-hybridized carbons (Fsp3) is 0.286. The van der Waals surface area contributed by atoms with E-state index in [9.17, 15) is 27.2 Å². The number of nitrogens with zero attached hydrogens (tertiary/aromatic N) is 2. The van der Waals surface area contributed by atoms with Gasteiger partial charge in [-0.1, -0.05) is 23.2 Å². The molecular weight excluding hydrogens is 510 g/mol. The third-order valence-electron chi connectivity index (χ3n) is 5.60. The van der Waals surface area contributed by atoms with Crippen molar-refractivity contribution >= 4 is 56.6 Å². The Balaban J connectivity index is 1.43. The van der Waals surface area contributed by atoms with Crippen LogP contribution < -0.4 is 15.8 Å². The zero-order valence-corrected chi connectivity index (χ0v) is 19.8. The summed E-state index contributed by atoms with van der Waals surface area (Å²) in [6.07, 6.45) is 0.508. The van der Waals surface area contributed by atoms with Crippen LogP contribution >= 0.6 is 23.2 Å². The van der Waals surface area contributed by atoms with Gasteiger partial charge < -0.3 is 0 Å². The van der Waals surface area contributed by atoms with Crippen LogP contribution in [0.1, 0.15) is 19.3 Å². The number of hydrogen-bond acceptors (Lipinski definition) is 6. The topological polar surface area (TPSA) is 116 Å². The summed E-state index contributed by atoms with van der Waals surface area (Å²) in [4.78, 5) is 38.8. The van der Waals surface area contributed by atoms with Gasteiger partial charge in [-0.15, -0.1) is 0 Å². The molecule has 34 heavy (non-hydrogen) atoms.